The summed E-state index contributed by atoms with van der Waals surface area (Å²) in [5, 5.41) is 7.06. The number of hydrogen-bond acceptors (Lipinski definition) is 4. The van der Waals surface area contributed by atoms with Crippen LogP contribution < -0.4 is 10.6 Å². The Labute approximate surface area is 111 Å². The first-order valence-electron chi connectivity index (χ1n) is 7.58. The van der Waals surface area contributed by atoms with E-state index in [-0.39, 0.29) is 0 Å². The van der Waals surface area contributed by atoms with Crippen molar-refractivity contribution in [1.82, 2.24) is 10.6 Å². The van der Waals surface area contributed by atoms with Crippen molar-refractivity contribution in [2.24, 2.45) is 0 Å². The first-order chi connectivity index (χ1) is 8.95. The van der Waals surface area contributed by atoms with Crippen LogP contribution in [0.3, 0.4) is 0 Å². The van der Waals surface area contributed by atoms with Gasteiger partial charge in [-0.1, -0.05) is 6.42 Å². The van der Waals surface area contributed by atoms with Crippen LogP contribution in [0.25, 0.3) is 0 Å². The lowest BCUT2D eigenvalue weighted by atomic mass is 10.1. The van der Waals surface area contributed by atoms with E-state index in [0.717, 1.165) is 39.3 Å². The SMILES string of the molecule is C1CCC(CNCCCOCC2CCCO2)NC1. The molecule has 0 aliphatic carbocycles. The topological polar surface area (TPSA) is 42.5 Å². The Bertz CT molecular complexity index is 202. The summed E-state index contributed by atoms with van der Waals surface area (Å²) in [4.78, 5) is 0. The van der Waals surface area contributed by atoms with Crippen LogP contribution >= 0.6 is 0 Å². The van der Waals surface area contributed by atoms with E-state index in [2.05, 4.69) is 10.6 Å². The van der Waals surface area contributed by atoms with Crippen molar-refractivity contribution in [3.63, 3.8) is 0 Å². The van der Waals surface area contributed by atoms with Gasteiger partial charge >= 0.3 is 0 Å². The predicted molar refractivity (Wildman–Crippen MR) is 72.9 cm³/mol. The van der Waals surface area contributed by atoms with Crippen molar-refractivity contribution in [2.75, 3.05) is 39.5 Å². The normalized spacial score (nSPS) is 28.7. The van der Waals surface area contributed by atoms with Crippen LogP contribution in [0, 0.1) is 0 Å². The van der Waals surface area contributed by atoms with Crippen molar-refractivity contribution in [3.8, 4) is 0 Å². The molecule has 2 N–H and O–H groups in total. The Morgan fingerprint density at radius 3 is 3.00 bits per heavy atom. The van der Waals surface area contributed by atoms with Crippen LogP contribution in [0.1, 0.15) is 38.5 Å². The fraction of sp³-hybridized carbons (Fsp3) is 1.00. The molecule has 106 valence electrons. The zero-order valence-electron chi connectivity index (χ0n) is 11.5. The highest BCUT2D eigenvalue weighted by Crippen LogP contribution is 2.11. The van der Waals surface area contributed by atoms with Crippen LogP contribution in [0.15, 0.2) is 0 Å². The molecular weight excluding hydrogens is 228 g/mol. The third kappa shape index (κ3) is 5.65. The molecule has 0 spiro atoms. The molecule has 18 heavy (non-hydrogen) atoms. The first kappa shape index (κ1) is 14.3. The minimum atomic E-state index is 0.365. The zero-order chi connectivity index (χ0) is 12.5. The largest absolute Gasteiger partial charge is 0.379 e. The molecule has 4 heteroatoms. The summed E-state index contributed by atoms with van der Waals surface area (Å²) in [5.74, 6) is 0. The van der Waals surface area contributed by atoms with Gasteiger partial charge in [-0.05, 0) is 45.2 Å². The number of nitrogens with one attached hydrogen (secondary N) is 2. The maximum absolute atomic E-state index is 5.63. The molecule has 0 aromatic carbocycles. The van der Waals surface area contributed by atoms with E-state index in [1.165, 1.54) is 38.6 Å². The summed E-state index contributed by atoms with van der Waals surface area (Å²) < 4.78 is 11.1. The summed E-state index contributed by atoms with van der Waals surface area (Å²) in [6.07, 6.45) is 7.87. The van der Waals surface area contributed by atoms with Gasteiger partial charge in [-0.25, -0.2) is 0 Å². The van der Waals surface area contributed by atoms with Crippen LogP contribution in [-0.2, 0) is 9.47 Å². The second kappa shape index (κ2) is 8.86. The van der Waals surface area contributed by atoms with Gasteiger partial charge in [0.1, 0.15) is 0 Å². The van der Waals surface area contributed by atoms with Gasteiger partial charge in [-0.15, -0.1) is 0 Å². The Balaban J connectivity index is 1.35. The highest BCUT2D eigenvalue weighted by molar-refractivity contribution is 4.74. The zero-order valence-corrected chi connectivity index (χ0v) is 11.5. The summed E-state index contributed by atoms with van der Waals surface area (Å²) in [7, 11) is 0. The van der Waals surface area contributed by atoms with Crippen molar-refractivity contribution in [3.05, 3.63) is 0 Å². The molecule has 4 nitrogen and oxygen atoms in total. The molecule has 2 saturated heterocycles. The lowest BCUT2D eigenvalue weighted by molar-refractivity contribution is 0.0166. The average molecular weight is 256 g/mol. The van der Waals surface area contributed by atoms with Gasteiger partial charge in [0.15, 0.2) is 0 Å². The Morgan fingerprint density at radius 2 is 2.22 bits per heavy atom. The Morgan fingerprint density at radius 1 is 1.22 bits per heavy atom. The molecular formula is C14H28N2O2. The number of piperidine rings is 1. The quantitative estimate of drug-likeness (QED) is 0.643. The summed E-state index contributed by atoms with van der Waals surface area (Å²) >= 11 is 0. The van der Waals surface area contributed by atoms with Crippen molar-refractivity contribution in [1.29, 1.82) is 0 Å². The molecule has 2 aliphatic heterocycles. The number of rotatable bonds is 8. The summed E-state index contributed by atoms with van der Waals surface area (Å²) in [5.41, 5.74) is 0. The van der Waals surface area contributed by atoms with Gasteiger partial charge in [0.2, 0.25) is 0 Å². The molecule has 0 bridgehead atoms. The molecule has 2 aliphatic rings. The van der Waals surface area contributed by atoms with Crippen molar-refractivity contribution in [2.45, 2.75) is 50.7 Å². The summed E-state index contributed by atoms with van der Waals surface area (Å²) in [6.45, 7) is 5.91. The Kier molecular flexibility index (Phi) is 7.01. The molecule has 0 aromatic rings. The molecule has 2 heterocycles. The van der Waals surface area contributed by atoms with E-state index < -0.39 is 0 Å². The predicted octanol–water partition coefficient (Wildman–Crippen LogP) is 1.30. The van der Waals surface area contributed by atoms with Crippen LogP contribution in [0.2, 0.25) is 0 Å². The molecule has 0 aromatic heterocycles. The molecule has 0 amide bonds. The molecule has 2 rings (SSSR count). The monoisotopic (exact) mass is 256 g/mol. The van der Waals surface area contributed by atoms with Gasteiger partial charge in [0.05, 0.1) is 12.7 Å². The highest BCUT2D eigenvalue weighted by atomic mass is 16.5. The van der Waals surface area contributed by atoms with E-state index >= 15 is 0 Å². The average Bonchev–Trinajstić information content (AvgIpc) is 2.92. The van der Waals surface area contributed by atoms with Crippen LogP contribution in [0.4, 0.5) is 0 Å². The van der Waals surface area contributed by atoms with Crippen LogP contribution in [-0.4, -0.2) is 51.6 Å². The first-order valence-corrected chi connectivity index (χ1v) is 7.58. The van der Waals surface area contributed by atoms with Gasteiger partial charge in [0.25, 0.3) is 0 Å². The van der Waals surface area contributed by atoms with Crippen molar-refractivity contribution < 1.29 is 9.47 Å². The molecule has 0 radical (unpaired) electrons. The Hall–Kier alpha value is -0.160. The van der Waals surface area contributed by atoms with Gasteiger partial charge in [0, 0.05) is 25.8 Å². The smallest absolute Gasteiger partial charge is 0.0809 e. The van der Waals surface area contributed by atoms with Gasteiger partial charge in [-0.3, -0.25) is 0 Å². The highest BCUT2D eigenvalue weighted by Gasteiger charge is 2.15. The van der Waals surface area contributed by atoms with Crippen LogP contribution in [0.5, 0.6) is 0 Å². The van der Waals surface area contributed by atoms with E-state index in [1.54, 1.807) is 0 Å². The summed E-state index contributed by atoms with van der Waals surface area (Å²) in [6, 6.07) is 0.687. The van der Waals surface area contributed by atoms with E-state index in [0.29, 0.717) is 12.1 Å². The second-order valence-corrected chi connectivity index (χ2v) is 5.41. The fourth-order valence-corrected chi connectivity index (χ4v) is 2.66. The molecule has 0 saturated carbocycles. The van der Waals surface area contributed by atoms with Crippen molar-refractivity contribution >= 4 is 0 Å². The number of ether oxygens (including phenoxy) is 2. The van der Waals surface area contributed by atoms with Gasteiger partial charge < -0.3 is 20.1 Å². The van der Waals surface area contributed by atoms with E-state index in [4.69, 9.17) is 9.47 Å². The molecule has 2 unspecified atom stereocenters. The van der Waals surface area contributed by atoms with Gasteiger partial charge in [-0.2, -0.15) is 0 Å². The maximum Gasteiger partial charge on any atom is 0.0809 e. The lowest BCUT2D eigenvalue weighted by Gasteiger charge is -2.23. The maximum atomic E-state index is 5.63. The minimum absolute atomic E-state index is 0.365. The fourth-order valence-electron chi connectivity index (χ4n) is 2.66. The van der Waals surface area contributed by atoms with E-state index in [9.17, 15) is 0 Å². The third-order valence-electron chi connectivity index (χ3n) is 3.77. The van der Waals surface area contributed by atoms with E-state index in [1.807, 2.05) is 0 Å². The number of hydrogen-bond donors (Lipinski definition) is 2. The molecule has 2 fully saturated rings. The molecule has 2 atom stereocenters. The minimum Gasteiger partial charge on any atom is -0.379 e. The lowest BCUT2D eigenvalue weighted by Crippen LogP contribution is -2.42. The second-order valence-electron chi connectivity index (χ2n) is 5.41. The standard InChI is InChI=1S/C14H28N2O2/c1-2-8-16-13(5-1)11-15-7-4-9-17-12-14-6-3-10-18-14/h13-16H,1-12H2. The third-order valence-corrected chi connectivity index (χ3v) is 3.77.